The molecule has 2 atom stereocenters. The summed E-state index contributed by atoms with van der Waals surface area (Å²) >= 11 is 0. The average molecular weight is 598 g/mol. The van der Waals surface area contributed by atoms with Crippen LogP contribution in [0.5, 0.6) is 5.75 Å². The number of pyridine rings is 1. The van der Waals surface area contributed by atoms with Crippen LogP contribution in [0, 0.1) is 29.6 Å². The molecule has 2 nitrogen and oxygen atoms in total. The Kier molecular flexibility index (Phi) is 11.9. The molecular weight excluding hydrogens is 543 g/mol. The van der Waals surface area contributed by atoms with Crippen LogP contribution in [0.25, 0.3) is 11.3 Å². The number of hydrogen-bond acceptors (Lipinski definition) is 2. The Morgan fingerprint density at radius 2 is 1.51 bits per heavy atom. The minimum atomic E-state index is -3.17. The summed E-state index contributed by atoms with van der Waals surface area (Å²) in [4.78, 5) is 4.02. The van der Waals surface area contributed by atoms with Crippen LogP contribution in [0.2, 0.25) is 0 Å². The van der Waals surface area contributed by atoms with Gasteiger partial charge in [-0.15, -0.1) is 0 Å². The molecule has 2 aromatic rings. The minimum absolute atomic E-state index is 0.399. The van der Waals surface area contributed by atoms with Crippen molar-refractivity contribution in [1.82, 2.24) is 4.98 Å². The van der Waals surface area contributed by atoms with Crippen molar-refractivity contribution in [3.63, 3.8) is 0 Å². The number of nitrogens with zero attached hydrogens (tertiary/aromatic N) is 1. The molecule has 43 heavy (non-hydrogen) atoms. The Hall–Kier alpha value is -2.04. The second-order valence-electron chi connectivity index (χ2n) is 13.9. The van der Waals surface area contributed by atoms with Crippen LogP contribution < -0.4 is 4.74 Å². The zero-order valence-corrected chi connectivity index (χ0v) is 26.5. The molecule has 0 radical (unpaired) electrons. The van der Waals surface area contributed by atoms with E-state index in [1.807, 2.05) is 24.3 Å². The summed E-state index contributed by atoms with van der Waals surface area (Å²) in [6.45, 7) is 3.00. The SMILES string of the molecule is CCC(CCCCCOc1ccc(-c2cc3c(c(F)n2)C(F)(F)C(CCCCCCCCCC2CC2)CC3)cc1)C1CC1. The molecule has 0 amide bonds. The van der Waals surface area contributed by atoms with Gasteiger partial charge in [0, 0.05) is 11.5 Å². The Bertz CT molecular complexity index is 1120. The predicted octanol–water partition coefficient (Wildman–Crippen LogP) is 11.8. The van der Waals surface area contributed by atoms with Crippen molar-refractivity contribution in [1.29, 1.82) is 0 Å². The average Bonchev–Trinajstić information content (AvgIpc) is 3.92. The Balaban J connectivity index is 1.04. The maximum atomic E-state index is 15.5. The van der Waals surface area contributed by atoms with E-state index in [1.54, 1.807) is 6.07 Å². The number of aryl methyl sites for hydroxylation is 1. The van der Waals surface area contributed by atoms with Crippen molar-refractivity contribution in [3.8, 4) is 17.0 Å². The van der Waals surface area contributed by atoms with Gasteiger partial charge in [0.15, 0.2) is 0 Å². The van der Waals surface area contributed by atoms with Gasteiger partial charge in [-0.1, -0.05) is 96.8 Å². The predicted molar refractivity (Wildman–Crippen MR) is 170 cm³/mol. The maximum absolute atomic E-state index is 15.5. The first-order valence-corrected chi connectivity index (χ1v) is 17.8. The number of unbranched alkanes of at least 4 members (excludes halogenated alkanes) is 8. The first-order valence-electron chi connectivity index (χ1n) is 17.8. The smallest absolute Gasteiger partial charge is 0.280 e. The first kappa shape index (κ1) is 32.4. The number of fused-ring (bicyclic) bond motifs is 1. The lowest BCUT2D eigenvalue weighted by Gasteiger charge is -2.33. The van der Waals surface area contributed by atoms with Crippen molar-refractivity contribution in [2.45, 2.75) is 141 Å². The molecule has 0 saturated heterocycles. The van der Waals surface area contributed by atoms with Crippen LogP contribution in [0.4, 0.5) is 13.2 Å². The maximum Gasteiger partial charge on any atom is 0.280 e. The summed E-state index contributed by atoms with van der Waals surface area (Å²) in [7, 11) is 0. The minimum Gasteiger partial charge on any atom is -0.494 e. The van der Waals surface area contributed by atoms with Crippen molar-refractivity contribution >= 4 is 0 Å². The van der Waals surface area contributed by atoms with E-state index < -0.39 is 23.4 Å². The fraction of sp³-hybridized carbons (Fsp3) is 0.711. The summed E-state index contributed by atoms with van der Waals surface area (Å²) in [5.41, 5.74) is 1.07. The van der Waals surface area contributed by atoms with E-state index in [4.69, 9.17) is 4.74 Å². The molecule has 0 spiro atoms. The molecule has 2 unspecified atom stereocenters. The summed E-state index contributed by atoms with van der Waals surface area (Å²) in [5, 5.41) is 0. The third kappa shape index (κ3) is 9.47. The second kappa shape index (κ2) is 15.8. The number of ether oxygens (including phenoxy) is 1. The standard InChI is InChI=1S/C38H54F3NO/c1-2-29(30-18-19-30)14-10-8-12-26-43-34-24-21-31(22-25-34)35-27-32-20-23-33(38(40,41)36(32)37(39)42-35)15-11-7-5-3-4-6-9-13-28-16-17-28/h21-22,24-25,27-30,33H,2-20,23,26H2,1H3. The van der Waals surface area contributed by atoms with Gasteiger partial charge in [0.25, 0.3) is 5.92 Å². The monoisotopic (exact) mass is 597 g/mol. The number of alkyl halides is 2. The van der Waals surface area contributed by atoms with Crippen molar-refractivity contribution < 1.29 is 17.9 Å². The number of rotatable bonds is 20. The number of hydrogen-bond donors (Lipinski definition) is 0. The van der Waals surface area contributed by atoms with E-state index >= 15 is 13.2 Å². The van der Waals surface area contributed by atoms with Crippen LogP contribution in [0.3, 0.4) is 0 Å². The molecule has 3 aliphatic rings. The van der Waals surface area contributed by atoms with E-state index in [1.165, 1.54) is 83.5 Å². The lowest BCUT2D eigenvalue weighted by Crippen LogP contribution is -2.33. The fourth-order valence-corrected chi connectivity index (χ4v) is 7.35. The molecule has 1 aromatic heterocycles. The Morgan fingerprint density at radius 3 is 2.19 bits per heavy atom. The van der Waals surface area contributed by atoms with Crippen molar-refractivity contribution in [2.24, 2.45) is 23.7 Å². The van der Waals surface area contributed by atoms with Gasteiger partial charge in [-0.2, -0.15) is 4.39 Å². The van der Waals surface area contributed by atoms with Gasteiger partial charge < -0.3 is 4.74 Å². The lowest BCUT2D eigenvalue weighted by molar-refractivity contribution is -0.0824. The highest BCUT2D eigenvalue weighted by Gasteiger charge is 2.47. The van der Waals surface area contributed by atoms with Crippen LogP contribution in [-0.4, -0.2) is 11.6 Å². The zero-order chi connectivity index (χ0) is 30.1. The molecule has 0 N–H and O–H groups in total. The molecule has 5 rings (SSSR count). The molecule has 0 bridgehead atoms. The van der Waals surface area contributed by atoms with Gasteiger partial charge in [-0.25, -0.2) is 13.8 Å². The van der Waals surface area contributed by atoms with Gasteiger partial charge in [-0.05, 0) is 92.2 Å². The largest absolute Gasteiger partial charge is 0.494 e. The van der Waals surface area contributed by atoms with Gasteiger partial charge in [0.1, 0.15) is 5.75 Å². The van der Waals surface area contributed by atoms with Crippen molar-refractivity contribution in [3.05, 3.63) is 47.4 Å². The van der Waals surface area contributed by atoms with Crippen LogP contribution in [-0.2, 0) is 12.3 Å². The third-order valence-corrected chi connectivity index (χ3v) is 10.5. The van der Waals surface area contributed by atoms with Gasteiger partial charge >= 0.3 is 0 Å². The lowest BCUT2D eigenvalue weighted by atomic mass is 9.78. The molecular formula is C38H54F3NO. The zero-order valence-electron chi connectivity index (χ0n) is 26.5. The number of halogens is 3. The van der Waals surface area contributed by atoms with E-state index in [-0.39, 0.29) is 0 Å². The first-order chi connectivity index (χ1) is 21.0. The number of aromatic nitrogens is 1. The highest BCUT2D eigenvalue weighted by atomic mass is 19.3. The quantitative estimate of drug-likeness (QED) is 0.112. The summed E-state index contributed by atoms with van der Waals surface area (Å²) in [5.74, 6) is -1.29. The topological polar surface area (TPSA) is 22.1 Å². The summed E-state index contributed by atoms with van der Waals surface area (Å²) in [6, 6.07) is 9.11. The Morgan fingerprint density at radius 1 is 0.837 bits per heavy atom. The third-order valence-electron chi connectivity index (χ3n) is 10.5. The van der Waals surface area contributed by atoms with E-state index in [0.717, 1.165) is 54.7 Å². The molecule has 5 heteroatoms. The molecule has 1 heterocycles. The number of benzene rings is 1. The summed E-state index contributed by atoms with van der Waals surface area (Å²) < 4.78 is 52.1. The van der Waals surface area contributed by atoms with E-state index in [2.05, 4.69) is 11.9 Å². The molecule has 238 valence electrons. The highest BCUT2D eigenvalue weighted by molar-refractivity contribution is 5.62. The van der Waals surface area contributed by atoms with Gasteiger partial charge in [-0.3, -0.25) is 0 Å². The summed E-state index contributed by atoms with van der Waals surface area (Å²) in [6.07, 6.45) is 22.6. The molecule has 0 aliphatic heterocycles. The molecule has 2 fully saturated rings. The van der Waals surface area contributed by atoms with E-state index in [0.29, 0.717) is 37.1 Å². The molecule has 3 aliphatic carbocycles. The fourth-order valence-electron chi connectivity index (χ4n) is 7.35. The Labute approximate surface area is 258 Å². The second-order valence-corrected chi connectivity index (χ2v) is 13.9. The van der Waals surface area contributed by atoms with Crippen LogP contribution in [0.15, 0.2) is 30.3 Å². The molecule has 1 aromatic carbocycles. The van der Waals surface area contributed by atoms with Crippen LogP contribution in [0.1, 0.15) is 140 Å². The van der Waals surface area contributed by atoms with Crippen LogP contribution >= 0.6 is 0 Å². The van der Waals surface area contributed by atoms with Crippen molar-refractivity contribution in [2.75, 3.05) is 6.61 Å². The highest BCUT2D eigenvalue weighted by Crippen LogP contribution is 2.48. The molecule has 2 saturated carbocycles. The van der Waals surface area contributed by atoms with E-state index in [9.17, 15) is 0 Å². The normalized spacial score (nSPS) is 20.1. The van der Waals surface area contributed by atoms with Gasteiger partial charge in [0.05, 0.1) is 17.9 Å². The van der Waals surface area contributed by atoms with Gasteiger partial charge in [0.2, 0.25) is 5.95 Å².